The van der Waals surface area contributed by atoms with Gasteiger partial charge in [-0.2, -0.15) is 0 Å². The van der Waals surface area contributed by atoms with Gasteiger partial charge in [-0.15, -0.1) is 0 Å². The second-order valence-corrected chi connectivity index (χ2v) is 3.46. The monoisotopic (exact) mass is 206 g/mol. The standard InChI is InChI=1S/C10H14N4O/c1-7-3-13-10(15-7)6-11-4-9-5-12-8(2)14-9/h3,5,11H,4,6H2,1-2H3,(H,12,14). The van der Waals surface area contributed by atoms with E-state index in [0.29, 0.717) is 12.4 Å². The average molecular weight is 206 g/mol. The van der Waals surface area contributed by atoms with Crippen molar-refractivity contribution in [1.82, 2.24) is 20.3 Å². The van der Waals surface area contributed by atoms with Crippen molar-refractivity contribution in [2.45, 2.75) is 26.9 Å². The van der Waals surface area contributed by atoms with Crippen molar-refractivity contribution in [2.24, 2.45) is 0 Å². The molecule has 5 nitrogen and oxygen atoms in total. The van der Waals surface area contributed by atoms with Gasteiger partial charge >= 0.3 is 0 Å². The van der Waals surface area contributed by atoms with E-state index in [9.17, 15) is 0 Å². The predicted octanol–water partition coefficient (Wildman–Crippen LogP) is 1.30. The summed E-state index contributed by atoms with van der Waals surface area (Å²) in [7, 11) is 0. The van der Waals surface area contributed by atoms with Crippen molar-refractivity contribution in [3.05, 3.63) is 35.6 Å². The van der Waals surface area contributed by atoms with Gasteiger partial charge in [-0.3, -0.25) is 0 Å². The fourth-order valence-electron chi connectivity index (χ4n) is 1.35. The van der Waals surface area contributed by atoms with Crippen molar-refractivity contribution in [3.63, 3.8) is 0 Å². The van der Waals surface area contributed by atoms with Crippen LogP contribution in [0.15, 0.2) is 16.8 Å². The normalized spacial score (nSPS) is 10.8. The van der Waals surface area contributed by atoms with E-state index < -0.39 is 0 Å². The third kappa shape index (κ3) is 2.66. The number of nitrogens with zero attached hydrogens (tertiary/aromatic N) is 2. The molecule has 2 heterocycles. The number of oxazole rings is 1. The van der Waals surface area contributed by atoms with Crippen LogP contribution < -0.4 is 5.32 Å². The van der Waals surface area contributed by atoms with Gasteiger partial charge in [-0.1, -0.05) is 0 Å². The smallest absolute Gasteiger partial charge is 0.208 e. The lowest BCUT2D eigenvalue weighted by Crippen LogP contribution is -2.13. The molecule has 2 aromatic rings. The molecular weight excluding hydrogens is 192 g/mol. The minimum absolute atomic E-state index is 0.631. The molecular formula is C10H14N4O. The first-order valence-electron chi connectivity index (χ1n) is 4.86. The fourth-order valence-corrected chi connectivity index (χ4v) is 1.35. The van der Waals surface area contributed by atoms with Crippen molar-refractivity contribution < 1.29 is 4.42 Å². The molecule has 0 aliphatic heterocycles. The van der Waals surface area contributed by atoms with Crippen LogP contribution in [0.25, 0.3) is 0 Å². The average Bonchev–Trinajstić information content (AvgIpc) is 2.76. The van der Waals surface area contributed by atoms with Crippen molar-refractivity contribution in [2.75, 3.05) is 0 Å². The molecule has 0 atom stereocenters. The van der Waals surface area contributed by atoms with Gasteiger partial charge in [0.15, 0.2) is 0 Å². The Kier molecular flexibility index (Phi) is 2.82. The zero-order chi connectivity index (χ0) is 10.7. The molecule has 0 unspecified atom stereocenters. The third-order valence-electron chi connectivity index (χ3n) is 2.02. The van der Waals surface area contributed by atoms with Gasteiger partial charge in [0.1, 0.15) is 11.6 Å². The Morgan fingerprint density at radius 1 is 1.27 bits per heavy atom. The van der Waals surface area contributed by atoms with Gasteiger partial charge in [0, 0.05) is 18.4 Å². The molecule has 0 amide bonds. The number of hydrogen-bond donors (Lipinski definition) is 2. The summed E-state index contributed by atoms with van der Waals surface area (Å²) in [6.45, 7) is 5.18. The number of aromatic amines is 1. The van der Waals surface area contributed by atoms with E-state index in [1.165, 1.54) is 0 Å². The number of aromatic nitrogens is 3. The van der Waals surface area contributed by atoms with Gasteiger partial charge in [0.05, 0.1) is 12.7 Å². The predicted molar refractivity (Wildman–Crippen MR) is 55.1 cm³/mol. The number of H-pyrrole nitrogens is 1. The molecule has 0 bridgehead atoms. The van der Waals surface area contributed by atoms with Crippen LogP contribution in [-0.2, 0) is 13.1 Å². The zero-order valence-electron chi connectivity index (χ0n) is 8.87. The first-order chi connectivity index (χ1) is 7.24. The molecule has 0 aliphatic rings. The summed E-state index contributed by atoms with van der Waals surface area (Å²) >= 11 is 0. The molecule has 0 radical (unpaired) electrons. The molecule has 0 spiro atoms. The number of rotatable bonds is 4. The van der Waals surface area contributed by atoms with Crippen LogP contribution in [0.5, 0.6) is 0 Å². The zero-order valence-corrected chi connectivity index (χ0v) is 8.87. The first kappa shape index (κ1) is 9.92. The summed E-state index contributed by atoms with van der Waals surface area (Å²) in [6, 6.07) is 0. The second kappa shape index (κ2) is 4.27. The fraction of sp³-hybridized carbons (Fsp3) is 0.400. The SMILES string of the molecule is Cc1ncc(CNCc2ncc(C)o2)[nH]1. The minimum atomic E-state index is 0.631. The summed E-state index contributed by atoms with van der Waals surface area (Å²) in [5, 5.41) is 3.22. The van der Waals surface area contributed by atoms with E-state index in [1.54, 1.807) is 6.20 Å². The van der Waals surface area contributed by atoms with Crippen molar-refractivity contribution in [1.29, 1.82) is 0 Å². The van der Waals surface area contributed by atoms with Gasteiger partial charge in [-0.05, 0) is 13.8 Å². The Hall–Kier alpha value is -1.62. The van der Waals surface area contributed by atoms with E-state index in [4.69, 9.17) is 4.42 Å². The largest absolute Gasteiger partial charge is 0.445 e. The number of aryl methyl sites for hydroxylation is 2. The molecule has 80 valence electrons. The molecule has 0 saturated heterocycles. The first-order valence-corrected chi connectivity index (χ1v) is 4.86. The van der Waals surface area contributed by atoms with Gasteiger partial charge in [-0.25, -0.2) is 9.97 Å². The molecule has 0 aliphatic carbocycles. The number of nitrogens with one attached hydrogen (secondary N) is 2. The van der Waals surface area contributed by atoms with Gasteiger partial charge < -0.3 is 14.7 Å². The van der Waals surface area contributed by atoms with E-state index in [1.807, 2.05) is 20.0 Å². The van der Waals surface area contributed by atoms with Crippen LogP contribution in [0.4, 0.5) is 0 Å². The highest BCUT2D eigenvalue weighted by molar-refractivity contribution is 4.99. The molecule has 15 heavy (non-hydrogen) atoms. The Bertz CT molecular complexity index is 392. The van der Waals surface area contributed by atoms with E-state index in [-0.39, 0.29) is 0 Å². The lowest BCUT2D eigenvalue weighted by molar-refractivity contribution is 0.448. The van der Waals surface area contributed by atoms with Gasteiger partial charge in [0.2, 0.25) is 5.89 Å². The summed E-state index contributed by atoms with van der Waals surface area (Å²) in [5.41, 5.74) is 1.07. The molecule has 2 rings (SSSR count). The van der Waals surface area contributed by atoms with E-state index in [2.05, 4.69) is 20.3 Å². The maximum atomic E-state index is 5.33. The maximum Gasteiger partial charge on any atom is 0.208 e. The Labute approximate surface area is 87.9 Å². The number of hydrogen-bond acceptors (Lipinski definition) is 4. The van der Waals surface area contributed by atoms with Crippen LogP contribution in [0, 0.1) is 13.8 Å². The summed E-state index contributed by atoms with van der Waals surface area (Å²) in [5.74, 6) is 2.48. The molecule has 2 aromatic heterocycles. The summed E-state index contributed by atoms with van der Waals surface area (Å²) in [4.78, 5) is 11.4. The summed E-state index contributed by atoms with van der Waals surface area (Å²) < 4.78 is 5.33. The Balaban J connectivity index is 1.80. The van der Waals surface area contributed by atoms with Crippen LogP contribution >= 0.6 is 0 Å². The Morgan fingerprint density at radius 2 is 2.13 bits per heavy atom. The highest BCUT2D eigenvalue weighted by Gasteiger charge is 2.00. The van der Waals surface area contributed by atoms with Crippen LogP contribution in [0.2, 0.25) is 0 Å². The van der Waals surface area contributed by atoms with Crippen molar-refractivity contribution >= 4 is 0 Å². The molecule has 2 N–H and O–H groups in total. The molecule has 0 saturated carbocycles. The number of imidazole rings is 1. The van der Waals surface area contributed by atoms with Crippen molar-refractivity contribution in [3.8, 4) is 0 Å². The quantitative estimate of drug-likeness (QED) is 0.791. The van der Waals surface area contributed by atoms with Crippen LogP contribution in [0.1, 0.15) is 23.2 Å². The lowest BCUT2D eigenvalue weighted by Gasteiger charge is -1.98. The lowest BCUT2D eigenvalue weighted by atomic mass is 10.4. The molecule has 5 heteroatoms. The molecule has 0 aromatic carbocycles. The Morgan fingerprint density at radius 3 is 2.73 bits per heavy atom. The van der Waals surface area contributed by atoms with Gasteiger partial charge in [0.25, 0.3) is 0 Å². The van der Waals surface area contributed by atoms with Crippen LogP contribution in [0.3, 0.4) is 0 Å². The summed E-state index contributed by atoms with van der Waals surface area (Å²) in [6.07, 6.45) is 3.54. The molecule has 0 fully saturated rings. The maximum absolute atomic E-state index is 5.33. The minimum Gasteiger partial charge on any atom is -0.445 e. The van der Waals surface area contributed by atoms with Crippen LogP contribution in [-0.4, -0.2) is 15.0 Å². The highest BCUT2D eigenvalue weighted by atomic mass is 16.4. The highest BCUT2D eigenvalue weighted by Crippen LogP contribution is 2.01. The van der Waals surface area contributed by atoms with E-state index in [0.717, 1.165) is 23.8 Å². The third-order valence-corrected chi connectivity index (χ3v) is 2.02. The topological polar surface area (TPSA) is 66.7 Å². The van der Waals surface area contributed by atoms with E-state index >= 15 is 0 Å². The second-order valence-electron chi connectivity index (χ2n) is 3.46.